The van der Waals surface area contributed by atoms with Crippen LogP contribution in [0, 0.1) is 5.92 Å². The highest BCUT2D eigenvalue weighted by Crippen LogP contribution is 2.31. The summed E-state index contributed by atoms with van der Waals surface area (Å²) >= 11 is 0. The number of carbonyl (C=O) groups is 1. The number of rotatable bonds is 6. The van der Waals surface area contributed by atoms with Crippen LogP contribution in [0.15, 0.2) is 24.4 Å². The molecule has 0 unspecified atom stereocenters. The number of hydrogen-bond acceptors (Lipinski definition) is 3. The molecule has 1 saturated carbocycles. The minimum Gasteiger partial charge on any atom is -0.426 e. The van der Waals surface area contributed by atoms with Gasteiger partial charge in [0.1, 0.15) is 5.75 Å². The topological polar surface area (TPSA) is 45.3 Å². The third-order valence-corrected chi connectivity index (χ3v) is 4.34. The molecule has 118 valence electrons. The molecule has 4 heteroatoms. The molecule has 1 aromatic carbocycles. The number of aromatic nitrogens is 1. The van der Waals surface area contributed by atoms with E-state index in [1.807, 2.05) is 38.2 Å². The molecule has 0 aliphatic heterocycles. The van der Waals surface area contributed by atoms with Gasteiger partial charge in [0.25, 0.3) is 0 Å². The second-order valence-electron chi connectivity index (χ2n) is 6.53. The van der Waals surface area contributed by atoms with Crippen molar-refractivity contribution in [3.63, 3.8) is 0 Å². The number of nitrogens with one attached hydrogen (secondary N) is 1. The van der Waals surface area contributed by atoms with Gasteiger partial charge in [0, 0.05) is 29.7 Å². The van der Waals surface area contributed by atoms with Crippen molar-refractivity contribution in [2.75, 3.05) is 13.6 Å². The zero-order chi connectivity index (χ0) is 15.7. The van der Waals surface area contributed by atoms with Gasteiger partial charge in [-0.3, -0.25) is 4.79 Å². The van der Waals surface area contributed by atoms with E-state index in [0.717, 1.165) is 29.9 Å². The lowest BCUT2D eigenvalue weighted by molar-refractivity contribution is -0.137. The SMILES string of the molecule is CC(C)C(=O)Oc1cccc2[nH]cc(CCN(C)C3CC3)c12. The van der Waals surface area contributed by atoms with Crippen LogP contribution in [0.2, 0.25) is 0 Å². The van der Waals surface area contributed by atoms with E-state index in [4.69, 9.17) is 4.74 Å². The van der Waals surface area contributed by atoms with E-state index in [9.17, 15) is 4.79 Å². The lowest BCUT2D eigenvalue weighted by Gasteiger charge is -2.15. The Morgan fingerprint density at radius 1 is 1.41 bits per heavy atom. The Bertz CT molecular complexity index is 671. The smallest absolute Gasteiger partial charge is 0.313 e. The highest BCUT2D eigenvalue weighted by Gasteiger charge is 2.25. The van der Waals surface area contributed by atoms with Gasteiger partial charge in [0.2, 0.25) is 0 Å². The summed E-state index contributed by atoms with van der Waals surface area (Å²) in [5.41, 5.74) is 2.24. The summed E-state index contributed by atoms with van der Waals surface area (Å²) in [7, 11) is 2.19. The summed E-state index contributed by atoms with van der Waals surface area (Å²) < 4.78 is 5.58. The Kier molecular flexibility index (Phi) is 4.21. The molecule has 1 fully saturated rings. The summed E-state index contributed by atoms with van der Waals surface area (Å²) in [6.07, 6.45) is 5.64. The number of benzene rings is 1. The molecule has 1 heterocycles. The normalized spacial score (nSPS) is 15.0. The van der Waals surface area contributed by atoms with Crippen LogP contribution in [-0.4, -0.2) is 35.5 Å². The Balaban J connectivity index is 1.82. The first-order valence-electron chi connectivity index (χ1n) is 8.07. The van der Waals surface area contributed by atoms with Crippen LogP contribution in [0.5, 0.6) is 5.75 Å². The molecule has 0 spiro atoms. The molecule has 2 aromatic rings. The number of H-pyrrole nitrogens is 1. The van der Waals surface area contributed by atoms with Crippen LogP contribution < -0.4 is 4.74 Å². The maximum Gasteiger partial charge on any atom is 0.313 e. The van der Waals surface area contributed by atoms with Crippen LogP contribution in [0.3, 0.4) is 0 Å². The standard InChI is InChI=1S/C18H24N2O2/c1-12(2)18(21)22-16-6-4-5-15-17(16)13(11-19-15)9-10-20(3)14-7-8-14/h4-6,11-12,14,19H,7-10H2,1-3H3. The zero-order valence-corrected chi connectivity index (χ0v) is 13.6. The minimum atomic E-state index is -0.185. The van der Waals surface area contributed by atoms with Gasteiger partial charge >= 0.3 is 5.97 Å². The maximum atomic E-state index is 11.9. The molecule has 1 aliphatic carbocycles. The van der Waals surface area contributed by atoms with Crippen LogP contribution in [-0.2, 0) is 11.2 Å². The fraction of sp³-hybridized carbons (Fsp3) is 0.500. The van der Waals surface area contributed by atoms with Crippen LogP contribution in [0.1, 0.15) is 32.3 Å². The summed E-state index contributed by atoms with van der Waals surface area (Å²) in [5.74, 6) is 0.356. The first kappa shape index (κ1) is 15.1. The molecule has 0 saturated heterocycles. The van der Waals surface area contributed by atoms with Crippen molar-refractivity contribution >= 4 is 16.9 Å². The molecule has 0 atom stereocenters. The number of nitrogens with zero attached hydrogens (tertiary/aromatic N) is 1. The Morgan fingerprint density at radius 2 is 2.18 bits per heavy atom. The number of fused-ring (bicyclic) bond motifs is 1. The number of carbonyl (C=O) groups excluding carboxylic acids is 1. The highest BCUT2D eigenvalue weighted by atomic mass is 16.5. The number of esters is 1. The van der Waals surface area contributed by atoms with Crippen molar-refractivity contribution < 1.29 is 9.53 Å². The Hall–Kier alpha value is -1.81. The fourth-order valence-electron chi connectivity index (χ4n) is 2.72. The lowest BCUT2D eigenvalue weighted by atomic mass is 10.1. The zero-order valence-electron chi connectivity index (χ0n) is 13.6. The molecule has 1 aliphatic rings. The summed E-state index contributed by atoms with van der Waals surface area (Å²) in [5, 5.41) is 1.04. The maximum absolute atomic E-state index is 11.9. The molecule has 1 aromatic heterocycles. The van der Waals surface area contributed by atoms with Gasteiger partial charge in [-0.05, 0) is 44.0 Å². The highest BCUT2D eigenvalue weighted by molar-refractivity contribution is 5.91. The molecule has 3 rings (SSSR count). The largest absolute Gasteiger partial charge is 0.426 e. The monoisotopic (exact) mass is 300 g/mol. The van der Waals surface area contributed by atoms with Crippen LogP contribution in [0.4, 0.5) is 0 Å². The predicted octanol–water partition coefficient (Wildman–Crippen LogP) is 3.37. The van der Waals surface area contributed by atoms with Gasteiger partial charge in [-0.1, -0.05) is 19.9 Å². The van der Waals surface area contributed by atoms with E-state index in [2.05, 4.69) is 16.9 Å². The van der Waals surface area contributed by atoms with Crippen molar-refractivity contribution in [3.05, 3.63) is 30.0 Å². The predicted molar refractivity (Wildman–Crippen MR) is 88.1 cm³/mol. The molecule has 22 heavy (non-hydrogen) atoms. The molecular weight excluding hydrogens is 276 g/mol. The number of ether oxygens (including phenoxy) is 1. The molecular formula is C18H24N2O2. The second-order valence-corrected chi connectivity index (χ2v) is 6.53. The van der Waals surface area contributed by atoms with Gasteiger partial charge in [-0.15, -0.1) is 0 Å². The average molecular weight is 300 g/mol. The van der Waals surface area contributed by atoms with E-state index in [1.54, 1.807) is 0 Å². The van der Waals surface area contributed by atoms with Crippen LogP contribution in [0.25, 0.3) is 10.9 Å². The van der Waals surface area contributed by atoms with Gasteiger partial charge < -0.3 is 14.6 Å². The first-order valence-corrected chi connectivity index (χ1v) is 8.07. The average Bonchev–Trinajstić information content (AvgIpc) is 3.26. The fourth-order valence-corrected chi connectivity index (χ4v) is 2.72. The number of likely N-dealkylation sites (N-methyl/N-ethyl adjacent to an activating group) is 1. The summed E-state index contributed by atoms with van der Waals surface area (Å²) in [4.78, 5) is 17.6. The first-order chi connectivity index (χ1) is 10.6. The number of hydrogen-bond donors (Lipinski definition) is 1. The second kappa shape index (κ2) is 6.13. The minimum absolute atomic E-state index is 0.126. The Labute approximate surface area is 131 Å². The van der Waals surface area contributed by atoms with Gasteiger partial charge in [-0.25, -0.2) is 0 Å². The molecule has 0 amide bonds. The Morgan fingerprint density at radius 3 is 2.86 bits per heavy atom. The lowest BCUT2D eigenvalue weighted by Crippen LogP contribution is -2.23. The van der Waals surface area contributed by atoms with Crippen molar-refractivity contribution in [1.29, 1.82) is 0 Å². The van der Waals surface area contributed by atoms with Gasteiger partial charge in [0.05, 0.1) is 5.92 Å². The third-order valence-electron chi connectivity index (χ3n) is 4.34. The quantitative estimate of drug-likeness (QED) is 0.657. The van der Waals surface area contributed by atoms with Gasteiger partial charge in [0.15, 0.2) is 0 Å². The van der Waals surface area contributed by atoms with Crippen molar-refractivity contribution in [1.82, 2.24) is 9.88 Å². The third kappa shape index (κ3) is 3.17. The summed E-state index contributed by atoms with van der Waals surface area (Å²) in [6, 6.07) is 6.59. The molecule has 0 radical (unpaired) electrons. The van der Waals surface area contributed by atoms with E-state index in [-0.39, 0.29) is 11.9 Å². The molecule has 0 bridgehead atoms. The van der Waals surface area contributed by atoms with Gasteiger partial charge in [-0.2, -0.15) is 0 Å². The van der Waals surface area contributed by atoms with Crippen molar-refractivity contribution in [2.24, 2.45) is 5.92 Å². The summed E-state index contributed by atoms with van der Waals surface area (Å²) in [6.45, 7) is 4.74. The van der Waals surface area contributed by atoms with E-state index >= 15 is 0 Å². The van der Waals surface area contributed by atoms with Crippen LogP contribution >= 0.6 is 0 Å². The number of aromatic amines is 1. The van der Waals surface area contributed by atoms with E-state index in [0.29, 0.717) is 5.75 Å². The van der Waals surface area contributed by atoms with E-state index < -0.39 is 0 Å². The molecule has 4 nitrogen and oxygen atoms in total. The molecule has 1 N–H and O–H groups in total. The van der Waals surface area contributed by atoms with E-state index in [1.165, 1.54) is 18.4 Å². The van der Waals surface area contributed by atoms with Crippen molar-refractivity contribution in [2.45, 2.75) is 39.2 Å². The van der Waals surface area contributed by atoms with Crippen molar-refractivity contribution in [3.8, 4) is 5.75 Å².